The normalized spacial score (nSPS) is 37.2. The van der Waals surface area contributed by atoms with Crippen molar-refractivity contribution in [2.45, 2.75) is 230 Å². The van der Waals surface area contributed by atoms with Crippen LogP contribution in [0.15, 0.2) is 60.7 Å². The Morgan fingerprint density at radius 1 is 0.833 bits per heavy atom. The molecule has 3 aliphatic rings. The van der Waals surface area contributed by atoms with Gasteiger partial charge in [-0.1, -0.05) is 27.7 Å². The second kappa shape index (κ2) is 29.5. The van der Waals surface area contributed by atoms with E-state index < -0.39 is 109 Å². The molecule has 0 bridgehead atoms. The molecule has 3 saturated heterocycles. The number of alkyl carbamates (subject to hydrolysis) is 1. The molecule has 446 valence electrons. The summed E-state index contributed by atoms with van der Waals surface area (Å²) in [5.74, 6) is -3.13. The second-order valence-corrected chi connectivity index (χ2v) is 29.5. The first-order chi connectivity index (χ1) is 36.7. The number of aliphatic hydroxyl groups excluding tert-OH is 2. The van der Waals surface area contributed by atoms with Crippen molar-refractivity contribution in [2.75, 3.05) is 54.2 Å². The summed E-state index contributed by atoms with van der Waals surface area (Å²) >= 11 is 0. The summed E-state index contributed by atoms with van der Waals surface area (Å²) in [6, 6.07) is 21.2. The van der Waals surface area contributed by atoms with Crippen molar-refractivity contribution in [3.63, 3.8) is 0 Å². The van der Waals surface area contributed by atoms with Gasteiger partial charge >= 0.3 is 167 Å². The van der Waals surface area contributed by atoms with Gasteiger partial charge in [-0.3, -0.25) is 9.69 Å². The van der Waals surface area contributed by atoms with E-state index in [9.17, 15) is 30.0 Å². The molecule has 78 heavy (non-hydrogen) atoms. The Bertz CT molecular complexity index is 2060. The molecular weight excluding hydrogens is 1010 g/mol. The Kier molecular flexibility index (Phi) is 24.9. The molecule has 2 aromatic rings. The first kappa shape index (κ1) is 66.0. The largest absolute Gasteiger partial charge is 0.382 e. The summed E-state index contributed by atoms with van der Waals surface area (Å²) in [6.07, 6.45) is 2.46. The molecule has 2 aromatic carbocycles. The monoisotopic (exact) mass is 1120 g/mol. The molecule has 3 heterocycles. The number of carbonyl (C=O) groups is 2. The third-order valence-corrected chi connectivity index (χ3v) is 23.0. The van der Waals surface area contributed by atoms with Crippen LogP contribution in [-0.4, -0.2) is 180 Å². The molecule has 0 aromatic heterocycles. The van der Waals surface area contributed by atoms with Crippen LogP contribution in [0.4, 0.5) is 4.79 Å². The summed E-state index contributed by atoms with van der Waals surface area (Å²) in [5.41, 5.74) is -4.48. The van der Waals surface area contributed by atoms with E-state index in [1.165, 1.54) is 42.5 Å². The topological polar surface area (TPSA) is 189 Å². The van der Waals surface area contributed by atoms with Gasteiger partial charge in [0, 0.05) is 38.1 Å². The van der Waals surface area contributed by atoms with Crippen LogP contribution in [0, 0.1) is 23.7 Å². The fourth-order valence-corrected chi connectivity index (χ4v) is 17.3. The first-order valence-corrected chi connectivity index (χ1v) is 32.4. The Balaban J connectivity index is 1.29. The predicted octanol–water partition coefficient (Wildman–Crippen LogP) is 8.06. The first-order valence-electron chi connectivity index (χ1n) is 29.7. The number of cyclic esters (lactones) is 1. The zero-order valence-corrected chi connectivity index (χ0v) is 51.5. The SMILES string of the molecule is CC[C@H]1OC(=O)[C@H](C)[C@@H](C2C[C@@](C)(OC)[C@@H](O)[C@H](C)O2)[C@H](C)[C@@H](O[C@@H]2O[C@H](C)C[C@H](N(C)C)[C@H]2O)[C@](C)(O)C[C@@H](C)CN(C)[C@H](C)[C@@H](OC(=O)NCCCCCCCCCC[PH](C)(c2ccccc2)c2ccccc2)[C@]1(C)O. The molecule has 3 fully saturated rings. The van der Waals surface area contributed by atoms with Gasteiger partial charge in [-0.25, -0.2) is 4.79 Å². The van der Waals surface area contributed by atoms with E-state index in [-0.39, 0.29) is 37.3 Å². The van der Waals surface area contributed by atoms with Crippen molar-refractivity contribution >= 4 is 29.9 Å². The van der Waals surface area contributed by atoms with Crippen molar-refractivity contribution in [1.29, 1.82) is 0 Å². The van der Waals surface area contributed by atoms with Crippen LogP contribution in [-0.2, 0) is 33.2 Å². The molecule has 0 spiro atoms. The maximum atomic E-state index is 15.0. The number of carbonyl (C=O) groups excluding carboxylic acids is 2. The van der Waals surface area contributed by atoms with Crippen LogP contribution in [0.1, 0.15) is 146 Å². The number of aliphatic hydroxyl groups is 4. The summed E-state index contributed by atoms with van der Waals surface area (Å²) in [6.45, 7) is 21.6. The number of methoxy groups -OCH3 is 1. The summed E-state index contributed by atoms with van der Waals surface area (Å²) in [4.78, 5) is 32.7. The molecule has 18 atom stereocenters. The van der Waals surface area contributed by atoms with Gasteiger partial charge in [-0.15, -0.1) is 0 Å². The van der Waals surface area contributed by atoms with Crippen LogP contribution in [0.3, 0.4) is 0 Å². The van der Waals surface area contributed by atoms with E-state index in [0.717, 1.165) is 25.7 Å². The smallest absolute Gasteiger partial charge is 0.137 e. The van der Waals surface area contributed by atoms with Gasteiger partial charge in [0.1, 0.15) is 23.9 Å². The van der Waals surface area contributed by atoms with Crippen LogP contribution >= 0.6 is 7.26 Å². The second-order valence-electron chi connectivity index (χ2n) is 25.2. The number of likely N-dealkylation sites (N-methyl/N-ethyl adjacent to an activating group) is 2. The molecule has 0 radical (unpaired) electrons. The quantitative estimate of drug-likeness (QED) is 0.0487. The number of amides is 1. The van der Waals surface area contributed by atoms with Gasteiger partial charge in [0.25, 0.3) is 0 Å². The molecule has 5 rings (SSSR count). The molecule has 0 aliphatic carbocycles. The van der Waals surface area contributed by atoms with Crippen molar-refractivity contribution < 1.29 is 58.4 Å². The minimum Gasteiger partial charge on any atom is -0.382 e. The number of unbranched alkanes of at least 4 members (excludes halogenated alkanes) is 7. The predicted molar refractivity (Wildman–Crippen MR) is 313 cm³/mol. The number of hydrogen-bond donors (Lipinski definition) is 5. The maximum Gasteiger partial charge on any atom is 0.137 e. The van der Waals surface area contributed by atoms with Gasteiger partial charge < -0.3 is 53.7 Å². The summed E-state index contributed by atoms with van der Waals surface area (Å²) in [5, 5.41) is 54.8. The van der Waals surface area contributed by atoms with Crippen LogP contribution in [0.25, 0.3) is 0 Å². The zero-order chi connectivity index (χ0) is 57.8. The van der Waals surface area contributed by atoms with Gasteiger partial charge in [0.15, 0.2) is 12.4 Å². The molecule has 15 nitrogen and oxygen atoms in total. The number of benzene rings is 2. The van der Waals surface area contributed by atoms with Gasteiger partial charge in [0.05, 0.1) is 41.5 Å². The molecular formula is C62H106N3O12P. The van der Waals surface area contributed by atoms with Crippen molar-refractivity contribution in [1.82, 2.24) is 15.1 Å². The average Bonchev–Trinajstić information content (AvgIpc) is 3.42. The molecule has 16 heteroatoms. The van der Waals surface area contributed by atoms with Gasteiger partial charge in [0.2, 0.25) is 0 Å². The molecule has 3 aliphatic heterocycles. The maximum absolute atomic E-state index is 15.0. The van der Waals surface area contributed by atoms with E-state index in [1.807, 2.05) is 72.5 Å². The van der Waals surface area contributed by atoms with E-state index in [0.29, 0.717) is 19.5 Å². The van der Waals surface area contributed by atoms with E-state index in [4.69, 9.17) is 28.4 Å². The molecule has 1 unspecified atom stereocenters. The molecule has 5 N–H and O–H groups in total. The Morgan fingerprint density at radius 2 is 1.40 bits per heavy atom. The fourth-order valence-electron chi connectivity index (χ4n) is 13.6. The van der Waals surface area contributed by atoms with Crippen LogP contribution < -0.4 is 15.9 Å². The Labute approximate surface area is 470 Å². The van der Waals surface area contributed by atoms with Crippen molar-refractivity contribution in [3.05, 3.63) is 60.7 Å². The van der Waals surface area contributed by atoms with E-state index in [2.05, 4.69) is 72.6 Å². The Hall–Kier alpha value is -2.79. The number of ether oxygens (including phenoxy) is 6. The number of nitrogens with one attached hydrogen (secondary N) is 1. The summed E-state index contributed by atoms with van der Waals surface area (Å²) in [7, 11) is 5.43. The average molecular weight is 1120 g/mol. The van der Waals surface area contributed by atoms with Gasteiger partial charge in [-0.2, -0.15) is 0 Å². The summed E-state index contributed by atoms with van der Waals surface area (Å²) < 4.78 is 38.5. The minimum absolute atomic E-state index is 0.189. The number of esters is 1. The van der Waals surface area contributed by atoms with Crippen molar-refractivity contribution in [3.8, 4) is 0 Å². The minimum atomic E-state index is -1.86. The van der Waals surface area contributed by atoms with E-state index >= 15 is 0 Å². The molecule has 1 amide bonds. The number of nitrogens with zero attached hydrogens (tertiary/aromatic N) is 2. The number of rotatable bonds is 20. The number of hydrogen-bond acceptors (Lipinski definition) is 14. The fraction of sp³-hybridized carbons (Fsp3) is 0.774. The van der Waals surface area contributed by atoms with Crippen molar-refractivity contribution in [2.24, 2.45) is 23.7 Å². The zero-order valence-electron chi connectivity index (χ0n) is 50.5. The van der Waals surface area contributed by atoms with Crippen LogP contribution in [0.2, 0.25) is 0 Å². The molecule has 0 saturated carbocycles. The van der Waals surface area contributed by atoms with E-state index in [1.54, 1.807) is 34.8 Å². The third-order valence-electron chi connectivity index (χ3n) is 18.4. The van der Waals surface area contributed by atoms with Gasteiger partial charge in [-0.05, 0) is 93.8 Å². The van der Waals surface area contributed by atoms with Crippen LogP contribution in [0.5, 0.6) is 0 Å². The Morgan fingerprint density at radius 3 is 1.95 bits per heavy atom. The standard InChI is InChI=1S/C62H106N3O12P/c1-16-51-62(10,71)56(77-59(69)63-35-29-21-19-17-18-20-22-30-36-78(15,47-31-25-23-26-32-47)48-33-27-24-28-34-48)45(6)65(13)40-41(2)38-60(8,70)55(76-58-53(66)49(64(11)12)37-42(3)73-58)43(4)52(44(5)57(68)75-51)50-39-61(9,72-14)54(67)46(7)74-50/h23-28,31-34,41-46,49-56,58,66-67,70-71,78H,16-22,29-30,35-40H2,1-15H3,(H,63,69)/t41-,42-,43+,44-,45-,46+,49+,50?,51-,52+,53-,54+,55-,56-,58+,60-,61-,62-/m1/s1. The third kappa shape index (κ3) is 16.7.